The third-order valence-corrected chi connectivity index (χ3v) is 5.16. The normalized spacial score (nSPS) is 20.8. The van der Waals surface area contributed by atoms with Gasteiger partial charge >= 0.3 is 0 Å². The molecule has 1 aliphatic rings. The molecule has 1 fully saturated rings. The molecule has 3 N–H and O–H groups in total. The lowest BCUT2D eigenvalue weighted by molar-refractivity contribution is -0.00563. The van der Waals surface area contributed by atoms with Gasteiger partial charge in [-0.05, 0) is 44.9 Å². The summed E-state index contributed by atoms with van der Waals surface area (Å²) in [4.78, 5) is 3.71. The van der Waals surface area contributed by atoms with E-state index in [4.69, 9.17) is 5.73 Å². The highest BCUT2D eigenvalue weighted by Gasteiger charge is 2.27. The summed E-state index contributed by atoms with van der Waals surface area (Å²) in [6.07, 6.45) is 2.78. The largest absolute Gasteiger partial charge is 0.390 e. The van der Waals surface area contributed by atoms with Crippen molar-refractivity contribution in [2.75, 3.05) is 25.4 Å². The van der Waals surface area contributed by atoms with Crippen LogP contribution in [0.2, 0.25) is 0 Å². The van der Waals surface area contributed by atoms with Gasteiger partial charge in [-0.1, -0.05) is 18.2 Å². The number of rotatable bonds is 6. The van der Waals surface area contributed by atoms with Crippen molar-refractivity contribution in [1.29, 1.82) is 0 Å². The fourth-order valence-electron chi connectivity index (χ4n) is 2.41. The molecule has 1 aromatic rings. The molecular weight excluding hydrogens is 268 g/mol. The van der Waals surface area contributed by atoms with E-state index in [1.54, 1.807) is 0 Å². The van der Waals surface area contributed by atoms with E-state index in [0.717, 1.165) is 44.6 Å². The van der Waals surface area contributed by atoms with Crippen LogP contribution >= 0.6 is 11.8 Å². The van der Waals surface area contributed by atoms with Crippen LogP contribution in [0, 0.1) is 0 Å². The lowest BCUT2D eigenvalue weighted by Crippen LogP contribution is -2.43. The molecule has 0 spiro atoms. The van der Waals surface area contributed by atoms with Crippen molar-refractivity contribution >= 4 is 11.8 Å². The molecule has 1 saturated heterocycles. The van der Waals surface area contributed by atoms with E-state index in [1.165, 1.54) is 4.90 Å². The molecule has 1 atom stereocenters. The number of aliphatic hydroxyl groups is 1. The zero-order chi connectivity index (χ0) is 14.4. The molecule has 2 rings (SSSR count). The average molecular weight is 294 g/mol. The Hall–Kier alpha value is -0.550. The molecular formula is C16H26N2OS. The van der Waals surface area contributed by atoms with Crippen molar-refractivity contribution < 1.29 is 5.11 Å². The number of piperidine rings is 1. The molecule has 20 heavy (non-hydrogen) atoms. The number of thioether (sulfide) groups is 1. The third-order valence-electron chi connectivity index (χ3n) is 3.96. The maximum atomic E-state index is 9.93. The summed E-state index contributed by atoms with van der Waals surface area (Å²) in [5, 5.41) is 9.93. The van der Waals surface area contributed by atoms with E-state index in [9.17, 15) is 5.11 Å². The second kappa shape index (κ2) is 7.46. The van der Waals surface area contributed by atoms with Gasteiger partial charge in [0, 0.05) is 29.8 Å². The monoisotopic (exact) mass is 294 g/mol. The Morgan fingerprint density at radius 1 is 1.30 bits per heavy atom. The Labute approximate surface area is 126 Å². The van der Waals surface area contributed by atoms with Gasteiger partial charge in [0.25, 0.3) is 0 Å². The number of nitrogens with two attached hydrogens (primary N) is 1. The van der Waals surface area contributed by atoms with Crippen LogP contribution in [0.5, 0.6) is 0 Å². The first-order valence-electron chi connectivity index (χ1n) is 7.43. The van der Waals surface area contributed by atoms with Crippen molar-refractivity contribution in [3.8, 4) is 0 Å². The standard InChI is InChI=1S/C16H26N2OS/c1-16(19)8-11-18(12-9-16)10-7-14(17)13-20-15-5-3-2-4-6-15/h2-6,14,19H,7-13,17H2,1H3/t14-/m1/s1. The van der Waals surface area contributed by atoms with Crippen LogP contribution in [0.25, 0.3) is 0 Å². The topological polar surface area (TPSA) is 49.5 Å². The predicted molar refractivity (Wildman–Crippen MR) is 86.1 cm³/mol. The molecule has 0 radical (unpaired) electrons. The van der Waals surface area contributed by atoms with Gasteiger partial charge in [0.15, 0.2) is 0 Å². The Morgan fingerprint density at radius 3 is 2.60 bits per heavy atom. The molecule has 0 aliphatic carbocycles. The molecule has 3 nitrogen and oxygen atoms in total. The molecule has 0 aromatic heterocycles. The molecule has 1 aliphatic heterocycles. The van der Waals surface area contributed by atoms with Crippen LogP contribution in [-0.4, -0.2) is 47.0 Å². The number of nitrogens with zero attached hydrogens (tertiary/aromatic N) is 1. The summed E-state index contributed by atoms with van der Waals surface area (Å²) < 4.78 is 0. The zero-order valence-electron chi connectivity index (χ0n) is 12.3. The van der Waals surface area contributed by atoms with Crippen LogP contribution in [0.1, 0.15) is 26.2 Å². The Balaban J connectivity index is 1.62. The molecule has 1 aromatic carbocycles. The van der Waals surface area contributed by atoms with Crippen LogP contribution in [0.3, 0.4) is 0 Å². The minimum absolute atomic E-state index is 0.239. The van der Waals surface area contributed by atoms with Crippen LogP contribution < -0.4 is 5.73 Å². The lowest BCUT2D eigenvalue weighted by Gasteiger charge is -2.36. The SMILES string of the molecule is CC1(O)CCN(CC[C@@H](N)CSc2ccccc2)CC1. The number of hydrogen-bond acceptors (Lipinski definition) is 4. The van der Waals surface area contributed by atoms with Gasteiger partial charge in [0.1, 0.15) is 0 Å². The average Bonchev–Trinajstić information content (AvgIpc) is 2.45. The maximum Gasteiger partial charge on any atom is 0.0644 e. The molecule has 1 heterocycles. The van der Waals surface area contributed by atoms with E-state index in [1.807, 2.05) is 24.8 Å². The first-order chi connectivity index (χ1) is 9.55. The first-order valence-corrected chi connectivity index (χ1v) is 8.42. The van der Waals surface area contributed by atoms with Gasteiger partial charge in [0.2, 0.25) is 0 Å². The van der Waals surface area contributed by atoms with Crippen molar-refractivity contribution in [3.63, 3.8) is 0 Å². The van der Waals surface area contributed by atoms with Crippen LogP contribution in [-0.2, 0) is 0 Å². The molecule has 0 amide bonds. The van der Waals surface area contributed by atoms with Gasteiger partial charge in [-0.3, -0.25) is 0 Å². The van der Waals surface area contributed by atoms with E-state index < -0.39 is 5.60 Å². The van der Waals surface area contributed by atoms with E-state index >= 15 is 0 Å². The quantitative estimate of drug-likeness (QED) is 0.791. The van der Waals surface area contributed by atoms with Crippen molar-refractivity contribution in [2.24, 2.45) is 5.73 Å². The highest BCUT2D eigenvalue weighted by Crippen LogP contribution is 2.22. The summed E-state index contributed by atoms with van der Waals surface area (Å²) in [6.45, 7) is 4.97. The summed E-state index contributed by atoms with van der Waals surface area (Å²) >= 11 is 1.83. The molecule has 0 bridgehead atoms. The number of likely N-dealkylation sites (tertiary alicyclic amines) is 1. The zero-order valence-corrected chi connectivity index (χ0v) is 13.1. The van der Waals surface area contributed by atoms with Gasteiger partial charge in [-0.25, -0.2) is 0 Å². The van der Waals surface area contributed by atoms with Crippen molar-refractivity contribution in [1.82, 2.24) is 4.90 Å². The summed E-state index contributed by atoms with van der Waals surface area (Å²) in [5.74, 6) is 0.968. The van der Waals surface area contributed by atoms with E-state index in [-0.39, 0.29) is 6.04 Å². The Morgan fingerprint density at radius 2 is 1.95 bits per heavy atom. The molecule has 0 unspecified atom stereocenters. The third kappa shape index (κ3) is 5.44. The predicted octanol–water partition coefficient (Wildman–Crippen LogP) is 2.34. The van der Waals surface area contributed by atoms with Crippen LogP contribution in [0.15, 0.2) is 35.2 Å². The van der Waals surface area contributed by atoms with Gasteiger partial charge in [-0.2, -0.15) is 0 Å². The van der Waals surface area contributed by atoms with E-state index in [2.05, 4.69) is 29.2 Å². The Kier molecular flexibility index (Phi) is 5.90. The molecule has 4 heteroatoms. The fourth-order valence-corrected chi connectivity index (χ4v) is 3.33. The van der Waals surface area contributed by atoms with Gasteiger partial charge in [0.05, 0.1) is 5.60 Å². The minimum Gasteiger partial charge on any atom is -0.390 e. The smallest absolute Gasteiger partial charge is 0.0644 e. The number of benzene rings is 1. The fraction of sp³-hybridized carbons (Fsp3) is 0.625. The maximum absolute atomic E-state index is 9.93. The highest BCUT2D eigenvalue weighted by molar-refractivity contribution is 7.99. The van der Waals surface area contributed by atoms with Crippen LogP contribution in [0.4, 0.5) is 0 Å². The van der Waals surface area contributed by atoms with Crippen molar-refractivity contribution in [2.45, 2.75) is 42.7 Å². The number of hydrogen-bond donors (Lipinski definition) is 2. The lowest BCUT2D eigenvalue weighted by atomic mass is 9.94. The van der Waals surface area contributed by atoms with Crippen molar-refractivity contribution in [3.05, 3.63) is 30.3 Å². The second-order valence-corrected chi connectivity index (χ2v) is 7.10. The highest BCUT2D eigenvalue weighted by atomic mass is 32.2. The van der Waals surface area contributed by atoms with Gasteiger partial charge < -0.3 is 15.7 Å². The first kappa shape index (κ1) is 15.8. The summed E-state index contributed by atoms with van der Waals surface area (Å²) in [7, 11) is 0. The molecule has 112 valence electrons. The second-order valence-electron chi connectivity index (χ2n) is 6.01. The summed E-state index contributed by atoms with van der Waals surface area (Å²) in [6, 6.07) is 10.7. The van der Waals surface area contributed by atoms with E-state index in [0.29, 0.717) is 0 Å². The van der Waals surface area contributed by atoms with Gasteiger partial charge in [-0.15, -0.1) is 11.8 Å². The summed E-state index contributed by atoms with van der Waals surface area (Å²) in [5.41, 5.74) is 5.74. The molecule has 0 saturated carbocycles. The Bertz CT molecular complexity index is 387. The minimum atomic E-state index is -0.457.